The van der Waals surface area contributed by atoms with Gasteiger partial charge < -0.3 is 10.2 Å². The summed E-state index contributed by atoms with van der Waals surface area (Å²) in [6.45, 7) is 6.03. The second-order valence-electron chi connectivity index (χ2n) is 4.88. The zero-order valence-electron chi connectivity index (χ0n) is 11.7. The molecule has 1 N–H and O–H groups in total. The summed E-state index contributed by atoms with van der Waals surface area (Å²) in [5, 5.41) is 2.91. The first-order valence-electron chi connectivity index (χ1n) is 6.79. The molecular weight excluding hydrogens is 240 g/mol. The molecule has 1 aromatic heterocycles. The summed E-state index contributed by atoms with van der Waals surface area (Å²) in [6.07, 6.45) is 1.83. The summed E-state index contributed by atoms with van der Waals surface area (Å²) in [4.78, 5) is 20.5. The number of piperazine rings is 1. The van der Waals surface area contributed by atoms with Gasteiger partial charge in [0.15, 0.2) is 0 Å². The molecule has 1 atom stereocenters. The summed E-state index contributed by atoms with van der Waals surface area (Å²) in [6, 6.07) is 6.32. The molecule has 1 aromatic rings. The maximum atomic E-state index is 11.8. The number of hydrogen-bond donors (Lipinski definition) is 1. The molecule has 1 aliphatic heterocycles. The van der Waals surface area contributed by atoms with E-state index in [2.05, 4.69) is 28.2 Å². The SMILES string of the molecule is CNCC(=O)N1CCN(C(C)c2ccccn2)CC1. The van der Waals surface area contributed by atoms with Crippen molar-refractivity contribution in [3.8, 4) is 0 Å². The van der Waals surface area contributed by atoms with E-state index in [1.807, 2.05) is 23.2 Å². The van der Waals surface area contributed by atoms with Crippen molar-refractivity contribution in [3.63, 3.8) is 0 Å². The largest absolute Gasteiger partial charge is 0.339 e. The Morgan fingerprint density at radius 3 is 2.68 bits per heavy atom. The zero-order chi connectivity index (χ0) is 13.7. The van der Waals surface area contributed by atoms with E-state index in [0.717, 1.165) is 31.9 Å². The third-order valence-corrected chi connectivity index (χ3v) is 3.66. The Hall–Kier alpha value is -1.46. The summed E-state index contributed by atoms with van der Waals surface area (Å²) in [5.41, 5.74) is 1.09. The van der Waals surface area contributed by atoms with Crippen molar-refractivity contribution < 1.29 is 4.79 Å². The van der Waals surface area contributed by atoms with Crippen LogP contribution in [0.2, 0.25) is 0 Å². The van der Waals surface area contributed by atoms with Crippen LogP contribution in [-0.2, 0) is 4.79 Å². The van der Waals surface area contributed by atoms with Gasteiger partial charge in [-0.25, -0.2) is 0 Å². The van der Waals surface area contributed by atoms with Crippen molar-refractivity contribution in [2.45, 2.75) is 13.0 Å². The van der Waals surface area contributed by atoms with Crippen molar-refractivity contribution in [1.82, 2.24) is 20.1 Å². The van der Waals surface area contributed by atoms with Crippen LogP contribution in [0.1, 0.15) is 18.7 Å². The van der Waals surface area contributed by atoms with Crippen molar-refractivity contribution >= 4 is 5.91 Å². The number of likely N-dealkylation sites (N-methyl/N-ethyl adjacent to an activating group) is 1. The molecule has 0 aromatic carbocycles. The van der Waals surface area contributed by atoms with E-state index in [4.69, 9.17) is 0 Å². The molecule has 5 nitrogen and oxygen atoms in total. The van der Waals surface area contributed by atoms with Gasteiger partial charge in [-0.15, -0.1) is 0 Å². The predicted octanol–water partition coefficient (Wildman–Crippen LogP) is 0.506. The molecule has 0 saturated carbocycles. The Kier molecular flexibility index (Phi) is 4.87. The maximum Gasteiger partial charge on any atom is 0.236 e. The van der Waals surface area contributed by atoms with Crippen molar-refractivity contribution in [2.75, 3.05) is 39.8 Å². The third-order valence-electron chi connectivity index (χ3n) is 3.66. The van der Waals surface area contributed by atoms with E-state index in [-0.39, 0.29) is 5.91 Å². The van der Waals surface area contributed by atoms with Gasteiger partial charge in [0, 0.05) is 38.4 Å². The van der Waals surface area contributed by atoms with E-state index in [1.54, 1.807) is 7.05 Å². The average molecular weight is 262 g/mol. The third kappa shape index (κ3) is 3.52. The Balaban J connectivity index is 1.88. The molecule has 0 radical (unpaired) electrons. The fourth-order valence-electron chi connectivity index (χ4n) is 2.43. The van der Waals surface area contributed by atoms with Crippen molar-refractivity contribution in [3.05, 3.63) is 30.1 Å². The fourth-order valence-corrected chi connectivity index (χ4v) is 2.43. The second-order valence-corrected chi connectivity index (χ2v) is 4.88. The first-order chi connectivity index (χ1) is 9.22. The van der Waals surface area contributed by atoms with Gasteiger partial charge in [-0.1, -0.05) is 6.07 Å². The van der Waals surface area contributed by atoms with Gasteiger partial charge in [-0.2, -0.15) is 0 Å². The Morgan fingerprint density at radius 2 is 2.11 bits per heavy atom. The number of rotatable bonds is 4. The van der Waals surface area contributed by atoms with Crippen LogP contribution in [0.15, 0.2) is 24.4 Å². The van der Waals surface area contributed by atoms with Gasteiger partial charge in [-0.05, 0) is 26.1 Å². The van der Waals surface area contributed by atoms with Gasteiger partial charge in [0.2, 0.25) is 5.91 Å². The Labute approximate surface area is 114 Å². The first kappa shape index (κ1) is 14.0. The van der Waals surface area contributed by atoms with Crippen LogP contribution in [0.25, 0.3) is 0 Å². The van der Waals surface area contributed by atoms with Crippen LogP contribution < -0.4 is 5.32 Å². The zero-order valence-corrected chi connectivity index (χ0v) is 11.7. The number of carbonyl (C=O) groups excluding carboxylic acids is 1. The number of hydrogen-bond acceptors (Lipinski definition) is 4. The number of amides is 1. The van der Waals surface area contributed by atoms with Crippen LogP contribution >= 0.6 is 0 Å². The molecule has 1 aliphatic rings. The van der Waals surface area contributed by atoms with E-state index < -0.39 is 0 Å². The van der Waals surface area contributed by atoms with Gasteiger partial charge in [0.1, 0.15) is 0 Å². The minimum Gasteiger partial charge on any atom is -0.339 e. The standard InChI is InChI=1S/C14H22N4O/c1-12(13-5-3-4-6-16-13)17-7-9-18(10-8-17)14(19)11-15-2/h3-6,12,15H,7-11H2,1-2H3. The van der Waals surface area contributed by atoms with Crippen LogP contribution in [0.4, 0.5) is 0 Å². The fraction of sp³-hybridized carbons (Fsp3) is 0.571. The van der Waals surface area contributed by atoms with Gasteiger partial charge in [-0.3, -0.25) is 14.7 Å². The molecule has 0 aliphatic carbocycles. The lowest BCUT2D eigenvalue weighted by atomic mass is 10.1. The number of nitrogens with zero attached hydrogens (tertiary/aromatic N) is 3. The molecule has 1 unspecified atom stereocenters. The summed E-state index contributed by atoms with van der Waals surface area (Å²) in [7, 11) is 1.80. The summed E-state index contributed by atoms with van der Waals surface area (Å²) in [5.74, 6) is 0.188. The van der Waals surface area contributed by atoms with Crippen LogP contribution in [0.3, 0.4) is 0 Å². The van der Waals surface area contributed by atoms with Gasteiger partial charge in [0.25, 0.3) is 0 Å². The smallest absolute Gasteiger partial charge is 0.236 e. The Morgan fingerprint density at radius 1 is 1.37 bits per heavy atom. The molecule has 19 heavy (non-hydrogen) atoms. The number of aromatic nitrogens is 1. The highest BCUT2D eigenvalue weighted by Crippen LogP contribution is 2.19. The highest BCUT2D eigenvalue weighted by molar-refractivity contribution is 5.78. The van der Waals surface area contributed by atoms with Crippen molar-refractivity contribution in [1.29, 1.82) is 0 Å². The monoisotopic (exact) mass is 262 g/mol. The normalized spacial score (nSPS) is 18.3. The van der Waals surface area contributed by atoms with Crippen LogP contribution in [0.5, 0.6) is 0 Å². The molecule has 1 saturated heterocycles. The molecule has 0 spiro atoms. The molecule has 1 amide bonds. The summed E-state index contributed by atoms with van der Waals surface area (Å²) < 4.78 is 0. The minimum absolute atomic E-state index is 0.188. The second kappa shape index (κ2) is 6.63. The molecule has 104 valence electrons. The number of pyridine rings is 1. The van der Waals surface area contributed by atoms with E-state index in [1.165, 1.54) is 0 Å². The molecule has 2 heterocycles. The molecular formula is C14H22N4O. The average Bonchev–Trinajstić information content (AvgIpc) is 2.48. The van der Waals surface area contributed by atoms with E-state index in [0.29, 0.717) is 12.6 Å². The molecule has 1 fully saturated rings. The molecule has 2 rings (SSSR count). The minimum atomic E-state index is 0.188. The van der Waals surface area contributed by atoms with Gasteiger partial charge >= 0.3 is 0 Å². The lowest BCUT2D eigenvalue weighted by molar-refractivity contribution is -0.132. The number of carbonyl (C=O) groups is 1. The topological polar surface area (TPSA) is 48.5 Å². The van der Waals surface area contributed by atoms with Crippen molar-refractivity contribution in [2.24, 2.45) is 0 Å². The summed E-state index contributed by atoms with van der Waals surface area (Å²) >= 11 is 0. The molecule has 5 heteroatoms. The maximum absolute atomic E-state index is 11.8. The first-order valence-corrected chi connectivity index (χ1v) is 6.79. The van der Waals surface area contributed by atoms with Crippen LogP contribution in [0, 0.1) is 0 Å². The van der Waals surface area contributed by atoms with Crippen LogP contribution in [-0.4, -0.2) is 60.5 Å². The lowest BCUT2D eigenvalue weighted by Crippen LogP contribution is -2.51. The highest BCUT2D eigenvalue weighted by Gasteiger charge is 2.24. The highest BCUT2D eigenvalue weighted by atomic mass is 16.2. The van der Waals surface area contributed by atoms with E-state index in [9.17, 15) is 4.79 Å². The predicted molar refractivity (Wildman–Crippen MR) is 74.7 cm³/mol. The lowest BCUT2D eigenvalue weighted by Gasteiger charge is -2.37. The quantitative estimate of drug-likeness (QED) is 0.859. The van der Waals surface area contributed by atoms with E-state index >= 15 is 0 Å². The number of nitrogens with one attached hydrogen (secondary N) is 1. The Bertz CT molecular complexity index is 401. The van der Waals surface area contributed by atoms with Gasteiger partial charge in [0.05, 0.1) is 12.2 Å². The molecule has 0 bridgehead atoms.